The van der Waals surface area contributed by atoms with Gasteiger partial charge in [-0.05, 0) is 72.6 Å². The van der Waals surface area contributed by atoms with Crippen molar-refractivity contribution in [1.29, 1.82) is 1.43 Å². The second kappa shape index (κ2) is 19.3. The van der Waals surface area contributed by atoms with Crippen LogP contribution in [0.3, 0.4) is 0 Å². The highest BCUT2D eigenvalue weighted by Crippen LogP contribution is 2.50. The van der Waals surface area contributed by atoms with Crippen molar-refractivity contribution < 1.29 is 39.0 Å². The van der Waals surface area contributed by atoms with E-state index in [9.17, 15) is 9.59 Å². The van der Waals surface area contributed by atoms with Crippen LogP contribution < -0.4 is 0 Å². The highest BCUT2D eigenvalue weighted by Gasteiger charge is 2.50. The largest absolute Gasteiger partial charge is 0.400 e. The number of morpholine rings is 1. The van der Waals surface area contributed by atoms with Gasteiger partial charge in [0.25, 0.3) is 8.53 Å². The Labute approximate surface area is 292 Å². The molecule has 3 aliphatic rings. The first-order chi connectivity index (χ1) is 23.3. The van der Waals surface area contributed by atoms with Gasteiger partial charge in [0.05, 0.1) is 32.3 Å². The normalized spacial score (nSPS) is 25.3. The van der Waals surface area contributed by atoms with Crippen LogP contribution in [0.25, 0.3) is 0 Å². The molecule has 3 heterocycles. The summed E-state index contributed by atoms with van der Waals surface area (Å²) in [4.78, 5) is 29.0. The Kier molecular flexibility index (Phi) is 15.3. The van der Waals surface area contributed by atoms with Gasteiger partial charge in [-0.25, -0.2) is 9.06 Å². The lowest BCUT2D eigenvalue weighted by atomic mass is 10.1. The molecule has 1 amide bonds. The first kappa shape index (κ1) is 37.1. The Morgan fingerprint density at radius 2 is 1.91 bits per heavy atom. The van der Waals surface area contributed by atoms with E-state index in [1.54, 1.807) is 10.8 Å². The van der Waals surface area contributed by atoms with Gasteiger partial charge in [-0.15, -0.1) is 0 Å². The molecule has 5 atom stereocenters. The van der Waals surface area contributed by atoms with E-state index in [1.807, 2.05) is 44.6 Å². The average molecular weight is 721 g/mol. The topological polar surface area (TPSA) is 101 Å². The van der Waals surface area contributed by atoms with Crippen LogP contribution in [0.2, 0.25) is 0 Å². The molecule has 1 N–H and O–H groups in total. The van der Waals surface area contributed by atoms with Gasteiger partial charge in [-0.2, -0.15) is 0 Å². The van der Waals surface area contributed by atoms with Crippen LogP contribution >= 0.6 is 30.1 Å². The van der Waals surface area contributed by atoms with Crippen LogP contribution in [0.15, 0.2) is 41.4 Å². The molecule has 1 aromatic rings. The van der Waals surface area contributed by atoms with Crippen LogP contribution in [0.4, 0.5) is 4.39 Å². The fourth-order valence-corrected chi connectivity index (χ4v) is 9.87. The molecule has 0 saturated carbocycles. The van der Waals surface area contributed by atoms with Crippen LogP contribution in [-0.2, 0) is 34.5 Å². The highest BCUT2D eigenvalue weighted by atomic mass is 33.1. The number of carbonyl (C=O) groups excluding carboxylic acids is 2. The summed E-state index contributed by atoms with van der Waals surface area (Å²) in [5.41, 5.74) is 1.17. The maximum atomic E-state index is 16.0. The number of alkyl halides is 1. The number of ketones is 1. The monoisotopic (exact) mass is 720 g/mol. The Bertz CT molecular complexity index is 1210. The maximum Gasteiger partial charge on any atom is 0.259 e. The van der Waals surface area contributed by atoms with E-state index >= 15 is 4.39 Å². The summed E-state index contributed by atoms with van der Waals surface area (Å²) >= 11 is 0. The quantitative estimate of drug-likeness (QED) is 0.135. The molecule has 47 heavy (non-hydrogen) atoms. The fraction of sp³-hybridized carbons (Fsp3) is 0.697. The summed E-state index contributed by atoms with van der Waals surface area (Å²) in [5, 5.41) is 3.50. The summed E-state index contributed by atoms with van der Waals surface area (Å²) < 4.78 is 56.1. The number of aliphatic hydroxyl groups is 1. The van der Waals surface area contributed by atoms with Crippen molar-refractivity contribution in [3.05, 3.63) is 42.1 Å². The minimum atomic E-state index is -1.74. The molecule has 10 nitrogen and oxygen atoms in total. The average Bonchev–Trinajstić information content (AvgIpc) is 3.35. The van der Waals surface area contributed by atoms with Gasteiger partial charge in [-0.3, -0.25) is 19.4 Å². The molecular weight excluding hydrogens is 664 g/mol. The Morgan fingerprint density at radius 3 is 2.55 bits per heavy atom. The number of allylic oxidation sites excluding steroid dienone is 1. The number of hydrogen-bond donors (Lipinski definition) is 1. The predicted octanol–water partition coefficient (Wildman–Crippen LogP) is 5.83. The van der Waals surface area contributed by atoms with E-state index in [0.29, 0.717) is 13.0 Å². The number of carbonyl (C=O) groups is 2. The van der Waals surface area contributed by atoms with E-state index in [-0.39, 0.29) is 35.9 Å². The van der Waals surface area contributed by atoms with Gasteiger partial charge in [0, 0.05) is 56.0 Å². The molecule has 4 rings (SSSR count). The summed E-state index contributed by atoms with van der Waals surface area (Å²) in [6, 6.07) is 8.42. The second-order valence-electron chi connectivity index (χ2n) is 12.7. The third-order valence-electron chi connectivity index (χ3n) is 7.65. The molecule has 266 valence electrons. The van der Waals surface area contributed by atoms with Gasteiger partial charge < -0.3 is 23.6 Å². The zero-order valence-corrected chi connectivity index (χ0v) is 31.2. The van der Waals surface area contributed by atoms with E-state index in [0.717, 1.165) is 37.7 Å². The van der Waals surface area contributed by atoms with Crippen molar-refractivity contribution in [2.45, 2.75) is 108 Å². The second-order valence-corrected chi connectivity index (χ2v) is 16.9. The molecule has 2 fully saturated rings. The number of nitrogens with zero attached hydrogens (tertiary/aromatic N) is 3. The molecule has 0 aromatic heterocycles. The van der Waals surface area contributed by atoms with Gasteiger partial charge in [0.1, 0.15) is 6.10 Å². The lowest BCUT2D eigenvalue weighted by molar-refractivity contribution is -0.145. The van der Waals surface area contributed by atoms with Crippen molar-refractivity contribution in [2.24, 2.45) is 0 Å². The van der Waals surface area contributed by atoms with Gasteiger partial charge in [0.2, 0.25) is 7.34 Å². The lowest BCUT2D eigenvalue weighted by Crippen LogP contribution is -2.45. The van der Waals surface area contributed by atoms with Crippen LogP contribution in [0, 0.1) is 0 Å². The number of rotatable bonds is 15. The molecule has 2 saturated heterocycles. The molecular formula is C33H53FN3O7PS2. The molecule has 14 heteroatoms. The number of amides is 1. The third-order valence-corrected chi connectivity index (χ3v) is 13.2. The Hall–Kier alpha value is -1.12. The van der Waals surface area contributed by atoms with Gasteiger partial charge in [0.15, 0.2) is 18.2 Å². The van der Waals surface area contributed by atoms with Crippen LogP contribution in [-0.4, -0.2) is 121 Å². The number of benzene rings is 1. The molecule has 1 aromatic carbocycles. The SMILES string of the molecule is [2H]CC1OC(N2C=CC(=O)CC2=O)C(F)C1OP(OCCc1ccccc1SSC(C)(C)CN1CCOCC1)N(C(C)C)C(C)C.[3H]OC. The van der Waals surface area contributed by atoms with Crippen molar-refractivity contribution in [3.63, 3.8) is 0 Å². The molecule has 0 bridgehead atoms. The Morgan fingerprint density at radius 1 is 1.23 bits per heavy atom. The Balaban J connectivity index is 0.00000209. The predicted molar refractivity (Wildman–Crippen MR) is 188 cm³/mol. The summed E-state index contributed by atoms with van der Waals surface area (Å²) in [7, 11) is 3.20. The van der Waals surface area contributed by atoms with E-state index in [2.05, 4.69) is 46.7 Å². The molecule has 0 radical (unpaired) electrons. The van der Waals surface area contributed by atoms with Crippen molar-refractivity contribution >= 4 is 41.8 Å². The maximum absolute atomic E-state index is 16.0. The number of aliphatic hydroxyl groups excluding tert-OH is 1. The third kappa shape index (κ3) is 11.7. The van der Waals surface area contributed by atoms with Gasteiger partial charge >= 0.3 is 0 Å². The molecule has 0 spiro atoms. The summed E-state index contributed by atoms with van der Waals surface area (Å²) in [6.07, 6.45) is -2.18. The minimum Gasteiger partial charge on any atom is -0.400 e. The first-order valence-corrected chi connectivity index (χ1v) is 19.3. The number of hydrogen-bond acceptors (Lipinski definition) is 11. The zero-order valence-electron chi connectivity index (χ0n) is 30.6. The summed E-state index contributed by atoms with van der Waals surface area (Å²) in [6.45, 7) is 17.3. The van der Waals surface area contributed by atoms with Crippen LogP contribution in [0.1, 0.15) is 61.8 Å². The first-order valence-electron chi connectivity index (χ1n) is 17.1. The molecule has 3 aliphatic heterocycles. The molecule has 5 unspecified atom stereocenters. The standard InChI is InChI=1S/C32H49FN3O6PS2.CH4O/c1-22(2)36(23(3)4)43(42-30-24(5)41-31(29(30)33)35-14-12-26(37)20-28(35)38)40-17-13-25-10-8-9-11-27(25)44-45-32(6,7)21-34-15-18-39-19-16-34;1-2/h8-12,14,22-24,29-31H,13,15-21H2,1-7H3;2H,1H3/i5D;2T. The van der Waals surface area contributed by atoms with Crippen molar-refractivity contribution in [1.82, 2.24) is 14.5 Å². The zero-order chi connectivity index (χ0) is 36.1. The van der Waals surface area contributed by atoms with Gasteiger partial charge in [-0.1, -0.05) is 39.8 Å². The minimum absolute atomic E-state index is 0.0438. The fourth-order valence-electron chi connectivity index (χ4n) is 5.55. The van der Waals surface area contributed by atoms with Crippen molar-refractivity contribution in [3.8, 4) is 0 Å². The van der Waals surface area contributed by atoms with E-state index < -0.39 is 39.0 Å². The van der Waals surface area contributed by atoms with E-state index in [4.69, 9.17) is 21.3 Å². The van der Waals surface area contributed by atoms with Crippen molar-refractivity contribution in [2.75, 3.05) is 46.6 Å². The van der Waals surface area contributed by atoms with Crippen LogP contribution in [0.5, 0.6) is 0 Å². The number of ether oxygens (including phenoxy) is 2. The summed E-state index contributed by atoms with van der Waals surface area (Å²) in [5.74, 6) is -0.871. The van der Waals surface area contributed by atoms with E-state index in [1.165, 1.54) is 29.8 Å². The smallest absolute Gasteiger partial charge is 0.259 e. The lowest BCUT2D eigenvalue weighted by Gasteiger charge is -2.37. The highest BCUT2D eigenvalue weighted by molar-refractivity contribution is 8.77. The molecule has 0 aliphatic carbocycles. The number of halogens is 1.